The zero-order valence-electron chi connectivity index (χ0n) is 24.2. The Balaban J connectivity index is 1.86. The van der Waals surface area contributed by atoms with E-state index in [4.69, 9.17) is 16.6 Å². The lowest BCUT2D eigenvalue weighted by Gasteiger charge is -2.25. The number of aliphatic carboxylic acids is 2. The van der Waals surface area contributed by atoms with Crippen molar-refractivity contribution < 1.29 is 44.1 Å². The van der Waals surface area contributed by atoms with E-state index in [1.54, 1.807) is 18.3 Å². The Morgan fingerprint density at radius 2 is 1.38 bits per heavy atom. The molecule has 0 aliphatic rings. The number of H-pyrrole nitrogens is 1. The van der Waals surface area contributed by atoms with Gasteiger partial charge in [0, 0.05) is 42.8 Å². The SMILES string of the molecule is NC(=O)CCC(NC(=O)C(N)CCC(=O)O)C(=O)NC(Cc1c[nH]c2ccccc12)C(=O)NC(Cc1ccc(O)cc1)C(=O)O. The fraction of sp³-hybridized carbons (Fsp3) is 0.333. The lowest BCUT2D eigenvalue weighted by Crippen LogP contribution is -2.58. The van der Waals surface area contributed by atoms with E-state index in [9.17, 15) is 39.0 Å². The van der Waals surface area contributed by atoms with Crippen LogP contribution in [0.1, 0.15) is 36.8 Å². The summed E-state index contributed by atoms with van der Waals surface area (Å²) < 4.78 is 0. The minimum atomic E-state index is -1.40. The van der Waals surface area contributed by atoms with Crippen LogP contribution in [-0.4, -0.2) is 80.0 Å². The molecule has 0 spiro atoms. The molecule has 0 aliphatic carbocycles. The number of carbonyl (C=O) groups excluding carboxylic acids is 4. The summed E-state index contributed by atoms with van der Waals surface area (Å²) in [6, 6.07) is 7.59. The van der Waals surface area contributed by atoms with E-state index in [1.165, 1.54) is 24.3 Å². The highest BCUT2D eigenvalue weighted by molar-refractivity contribution is 5.95. The number of benzene rings is 2. The monoisotopic (exact) mass is 624 g/mol. The number of aromatic nitrogens is 1. The average molecular weight is 625 g/mol. The molecule has 2 aromatic carbocycles. The van der Waals surface area contributed by atoms with Crippen LogP contribution in [0.4, 0.5) is 0 Å². The number of hydrogen-bond donors (Lipinski definition) is 9. The molecule has 3 aromatic rings. The summed E-state index contributed by atoms with van der Waals surface area (Å²) >= 11 is 0. The first-order valence-corrected chi connectivity index (χ1v) is 14.1. The Morgan fingerprint density at radius 3 is 2.02 bits per heavy atom. The van der Waals surface area contributed by atoms with Crippen LogP contribution < -0.4 is 27.4 Å². The van der Waals surface area contributed by atoms with Crippen LogP contribution >= 0.6 is 0 Å². The third-order valence-corrected chi connectivity index (χ3v) is 7.04. The zero-order chi connectivity index (χ0) is 33.1. The smallest absolute Gasteiger partial charge is 0.326 e. The Hall–Kier alpha value is -5.44. The van der Waals surface area contributed by atoms with Gasteiger partial charge in [-0.1, -0.05) is 30.3 Å². The van der Waals surface area contributed by atoms with Gasteiger partial charge in [-0.3, -0.25) is 24.0 Å². The van der Waals surface area contributed by atoms with E-state index in [2.05, 4.69) is 20.9 Å². The Bertz CT molecular complexity index is 1540. The minimum Gasteiger partial charge on any atom is -0.508 e. The largest absolute Gasteiger partial charge is 0.508 e. The highest BCUT2D eigenvalue weighted by atomic mass is 16.4. The molecule has 15 nitrogen and oxygen atoms in total. The standard InChI is InChI=1S/C30H36N6O9/c31-20(9-12-26(39)40)27(41)34-22(10-11-25(32)38)28(42)35-23(14-17-15-33-21-4-2-1-3-19(17)21)29(43)36-24(30(44)45)13-16-5-7-18(37)8-6-16/h1-8,15,20,22-24,33,37H,9-14,31H2,(H2,32,38)(H,34,41)(H,35,42)(H,36,43)(H,39,40)(H,44,45). The van der Waals surface area contributed by atoms with Crippen LogP contribution in [0.2, 0.25) is 0 Å². The molecular weight excluding hydrogens is 588 g/mol. The molecule has 4 atom stereocenters. The van der Waals surface area contributed by atoms with E-state index < -0.39 is 66.2 Å². The molecule has 0 radical (unpaired) electrons. The van der Waals surface area contributed by atoms with Gasteiger partial charge in [-0.15, -0.1) is 0 Å². The van der Waals surface area contributed by atoms with Crippen LogP contribution in [0, 0.1) is 0 Å². The van der Waals surface area contributed by atoms with Crippen molar-refractivity contribution >= 4 is 46.5 Å². The van der Waals surface area contributed by atoms with E-state index in [0.717, 1.165) is 10.9 Å². The Morgan fingerprint density at radius 1 is 0.756 bits per heavy atom. The molecule has 3 rings (SSSR count). The van der Waals surface area contributed by atoms with E-state index in [1.807, 2.05) is 12.1 Å². The number of nitrogens with two attached hydrogens (primary N) is 2. The maximum Gasteiger partial charge on any atom is 0.326 e. The molecule has 0 aliphatic heterocycles. The number of carbonyl (C=O) groups is 6. The van der Waals surface area contributed by atoms with Gasteiger partial charge in [0.15, 0.2) is 0 Å². The van der Waals surface area contributed by atoms with Crippen LogP contribution in [0.5, 0.6) is 5.75 Å². The number of amides is 4. The lowest BCUT2D eigenvalue weighted by atomic mass is 10.0. The Kier molecular flexibility index (Phi) is 12.0. The highest BCUT2D eigenvalue weighted by Crippen LogP contribution is 2.20. The summed E-state index contributed by atoms with van der Waals surface area (Å²) in [4.78, 5) is 77.3. The van der Waals surface area contributed by atoms with Gasteiger partial charge >= 0.3 is 11.9 Å². The predicted octanol–water partition coefficient (Wildman–Crippen LogP) is -0.345. The molecule has 1 heterocycles. The second-order valence-electron chi connectivity index (χ2n) is 10.5. The Labute approximate surface area is 257 Å². The summed E-state index contributed by atoms with van der Waals surface area (Å²) in [6.07, 6.45) is 0.274. The fourth-order valence-corrected chi connectivity index (χ4v) is 4.59. The number of fused-ring (bicyclic) bond motifs is 1. The second-order valence-corrected chi connectivity index (χ2v) is 10.5. The van der Waals surface area contributed by atoms with Gasteiger partial charge in [0.2, 0.25) is 23.6 Å². The van der Waals surface area contributed by atoms with Crippen LogP contribution in [0.15, 0.2) is 54.7 Å². The van der Waals surface area contributed by atoms with Crippen molar-refractivity contribution in [3.63, 3.8) is 0 Å². The number of primary amides is 1. The van der Waals surface area contributed by atoms with Crippen molar-refractivity contribution in [2.75, 3.05) is 0 Å². The third kappa shape index (κ3) is 10.4. The van der Waals surface area contributed by atoms with Crippen molar-refractivity contribution in [3.8, 4) is 5.75 Å². The lowest BCUT2D eigenvalue weighted by molar-refractivity contribution is -0.142. The van der Waals surface area contributed by atoms with E-state index in [-0.39, 0.29) is 37.9 Å². The molecule has 15 heteroatoms. The number of hydrogen-bond acceptors (Lipinski definition) is 8. The molecule has 0 saturated heterocycles. The number of aromatic amines is 1. The number of phenols is 1. The molecule has 11 N–H and O–H groups in total. The summed E-state index contributed by atoms with van der Waals surface area (Å²) in [5, 5.41) is 36.4. The first kappa shape index (κ1) is 34.1. The fourth-order valence-electron chi connectivity index (χ4n) is 4.59. The number of carboxylic acids is 2. The van der Waals surface area contributed by atoms with Gasteiger partial charge in [0.05, 0.1) is 6.04 Å². The maximum absolute atomic E-state index is 13.6. The molecule has 4 unspecified atom stereocenters. The van der Waals surface area contributed by atoms with Crippen molar-refractivity contribution in [1.82, 2.24) is 20.9 Å². The number of phenolic OH excluding ortho intramolecular Hbond substituents is 1. The summed E-state index contributed by atoms with van der Waals surface area (Å²) in [5.74, 6) is -5.84. The number of para-hydroxylation sites is 1. The van der Waals surface area contributed by atoms with Gasteiger partial charge in [-0.05, 0) is 42.2 Å². The molecule has 1 aromatic heterocycles. The number of nitrogens with one attached hydrogen (secondary N) is 4. The summed E-state index contributed by atoms with van der Waals surface area (Å²) in [5.41, 5.74) is 12.9. The van der Waals surface area contributed by atoms with Gasteiger partial charge in [0.25, 0.3) is 0 Å². The molecule has 45 heavy (non-hydrogen) atoms. The predicted molar refractivity (Wildman–Crippen MR) is 161 cm³/mol. The summed E-state index contributed by atoms with van der Waals surface area (Å²) in [7, 11) is 0. The number of carboxylic acid groups (broad SMARTS) is 2. The average Bonchev–Trinajstić information content (AvgIpc) is 3.40. The zero-order valence-corrected chi connectivity index (χ0v) is 24.2. The topological polar surface area (TPSA) is 267 Å². The number of rotatable bonds is 17. The van der Waals surface area contributed by atoms with E-state index >= 15 is 0 Å². The molecule has 240 valence electrons. The molecular formula is C30H36N6O9. The molecule has 4 amide bonds. The van der Waals surface area contributed by atoms with Crippen molar-refractivity contribution in [2.45, 2.75) is 62.7 Å². The first-order valence-electron chi connectivity index (χ1n) is 14.1. The van der Waals surface area contributed by atoms with Crippen molar-refractivity contribution in [2.24, 2.45) is 11.5 Å². The normalized spacial score (nSPS) is 13.6. The molecule has 0 fully saturated rings. The first-order chi connectivity index (χ1) is 21.3. The van der Waals surface area contributed by atoms with Crippen LogP contribution in [0.3, 0.4) is 0 Å². The van der Waals surface area contributed by atoms with Crippen molar-refractivity contribution in [3.05, 3.63) is 65.9 Å². The van der Waals surface area contributed by atoms with Crippen LogP contribution in [0.25, 0.3) is 10.9 Å². The minimum absolute atomic E-state index is 0.0167. The molecule has 0 saturated carbocycles. The van der Waals surface area contributed by atoms with Crippen LogP contribution in [-0.2, 0) is 41.6 Å². The summed E-state index contributed by atoms with van der Waals surface area (Å²) in [6.45, 7) is 0. The quantitative estimate of drug-likeness (QED) is 0.0942. The highest BCUT2D eigenvalue weighted by Gasteiger charge is 2.31. The van der Waals surface area contributed by atoms with Gasteiger partial charge in [-0.2, -0.15) is 0 Å². The second kappa shape index (κ2) is 15.9. The van der Waals surface area contributed by atoms with Gasteiger partial charge in [0.1, 0.15) is 23.9 Å². The van der Waals surface area contributed by atoms with Gasteiger partial charge in [-0.25, -0.2) is 4.79 Å². The third-order valence-electron chi connectivity index (χ3n) is 7.04. The maximum atomic E-state index is 13.6. The molecule has 0 bridgehead atoms. The van der Waals surface area contributed by atoms with E-state index in [0.29, 0.717) is 11.1 Å². The van der Waals surface area contributed by atoms with Crippen molar-refractivity contribution in [1.29, 1.82) is 0 Å². The number of aromatic hydroxyl groups is 1. The van der Waals surface area contributed by atoms with Gasteiger partial charge < -0.3 is 47.7 Å².